The van der Waals surface area contributed by atoms with Crippen molar-refractivity contribution in [2.45, 2.75) is 18.4 Å². The number of nitrogens with two attached hydrogens (primary N) is 1. The van der Waals surface area contributed by atoms with Crippen LogP contribution in [0.1, 0.15) is 12.8 Å². The highest BCUT2D eigenvalue weighted by Crippen LogP contribution is 2.30. The zero-order chi connectivity index (χ0) is 4.62. The molecule has 0 amide bonds. The van der Waals surface area contributed by atoms with E-state index < -0.39 is 0 Å². The van der Waals surface area contributed by atoms with Crippen LogP contribution < -0.4 is 5.73 Å². The minimum atomic E-state index is -0.153. The summed E-state index contributed by atoms with van der Waals surface area (Å²) < 4.78 is 0. The van der Waals surface area contributed by atoms with Crippen molar-refractivity contribution in [3.05, 3.63) is 0 Å². The van der Waals surface area contributed by atoms with Crippen molar-refractivity contribution in [2.24, 2.45) is 5.73 Å². The number of hydrogen-bond donors (Lipinski definition) is 2. The smallest absolute Gasteiger partial charge is 0.0611 e. The zero-order valence-corrected chi connectivity index (χ0v) is 4.87. The maximum Gasteiger partial charge on any atom is 0.0611 e. The van der Waals surface area contributed by atoms with E-state index in [9.17, 15) is 0 Å². The number of hydrogen-bond acceptors (Lipinski definition) is 2. The van der Waals surface area contributed by atoms with Gasteiger partial charge in [-0.15, -0.1) is 12.4 Å². The summed E-state index contributed by atoms with van der Waals surface area (Å²) in [6.45, 7) is 0.160. The molecule has 1 rings (SSSR count). The average Bonchev–Trinajstić information content (AvgIpc) is 2.22. The van der Waals surface area contributed by atoms with E-state index in [2.05, 4.69) is 0 Å². The molecule has 1 fully saturated rings. The zero-order valence-electron chi connectivity index (χ0n) is 4.05. The van der Waals surface area contributed by atoms with Gasteiger partial charge in [0, 0.05) is 5.54 Å². The van der Waals surface area contributed by atoms with Crippen LogP contribution in [0.2, 0.25) is 0 Å². The van der Waals surface area contributed by atoms with Crippen molar-refractivity contribution in [3.63, 3.8) is 0 Å². The average molecular weight is 124 g/mol. The summed E-state index contributed by atoms with van der Waals surface area (Å²) in [6, 6.07) is 0. The second-order valence-corrected chi connectivity index (χ2v) is 2.02. The molecule has 1 aliphatic carbocycles. The Morgan fingerprint density at radius 3 is 2.00 bits per heavy atom. The summed E-state index contributed by atoms with van der Waals surface area (Å²) in [6.07, 6.45) is 2.01. The first-order valence-electron chi connectivity index (χ1n) is 2.17. The molecular weight excluding hydrogens is 114 g/mol. The lowest BCUT2D eigenvalue weighted by Gasteiger charge is -1.97. The minimum Gasteiger partial charge on any atom is -0.394 e. The lowest BCUT2D eigenvalue weighted by molar-refractivity contribution is 0.257. The van der Waals surface area contributed by atoms with Gasteiger partial charge in [0.05, 0.1) is 6.61 Å². The third kappa shape index (κ3) is 1.63. The second kappa shape index (κ2) is 1.99. The molecule has 0 unspecified atom stereocenters. The topological polar surface area (TPSA) is 46.2 Å². The SMILES string of the molecule is Cl.NC1(CO)CC1. The van der Waals surface area contributed by atoms with Crippen LogP contribution in [0.15, 0.2) is 0 Å². The Hall–Kier alpha value is 0.210. The molecule has 0 bridgehead atoms. The first kappa shape index (κ1) is 7.21. The quantitative estimate of drug-likeness (QED) is 0.511. The van der Waals surface area contributed by atoms with E-state index in [0.717, 1.165) is 12.8 Å². The Balaban J connectivity index is 0.000000360. The standard InChI is InChI=1S/C4H9NO.ClH/c5-4(3-6)1-2-4;/h6H,1-3,5H2;1H. The largest absolute Gasteiger partial charge is 0.394 e. The molecule has 0 aliphatic heterocycles. The molecule has 0 saturated heterocycles. The molecule has 2 nitrogen and oxygen atoms in total. The van der Waals surface area contributed by atoms with Crippen LogP contribution in [0, 0.1) is 0 Å². The normalized spacial score (nSPS) is 23.1. The molecule has 0 atom stereocenters. The van der Waals surface area contributed by atoms with Gasteiger partial charge in [0.2, 0.25) is 0 Å². The van der Waals surface area contributed by atoms with E-state index in [-0.39, 0.29) is 24.6 Å². The third-order valence-corrected chi connectivity index (χ3v) is 1.21. The van der Waals surface area contributed by atoms with E-state index in [4.69, 9.17) is 10.8 Å². The number of aliphatic hydroxyl groups excluding tert-OH is 1. The molecule has 0 spiro atoms. The van der Waals surface area contributed by atoms with E-state index >= 15 is 0 Å². The van der Waals surface area contributed by atoms with Crippen LogP contribution in [0.25, 0.3) is 0 Å². The summed E-state index contributed by atoms with van der Waals surface area (Å²) in [5, 5.41) is 8.34. The lowest BCUT2D eigenvalue weighted by atomic mass is 10.3. The second-order valence-electron chi connectivity index (χ2n) is 2.02. The summed E-state index contributed by atoms with van der Waals surface area (Å²) in [5.74, 6) is 0. The van der Waals surface area contributed by atoms with Crippen LogP contribution in [0.3, 0.4) is 0 Å². The molecule has 0 radical (unpaired) electrons. The Kier molecular flexibility index (Phi) is 2.05. The minimum absolute atomic E-state index is 0. The van der Waals surface area contributed by atoms with Gasteiger partial charge >= 0.3 is 0 Å². The van der Waals surface area contributed by atoms with Gasteiger partial charge in [-0.3, -0.25) is 0 Å². The third-order valence-electron chi connectivity index (χ3n) is 1.21. The molecular formula is C4H10ClNO. The van der Waals surface area contributed by atoms with Crippen LogP contribution in [0.5, 0.6) is 0 Å². The summed E-state index contributed by atoms with van der Waals surface area (Å²) in [7, 11) is 0. The molecule has 1 saturated carbocycles. The van der Waals surface area contributed by atoms with Gasteiger partial charge in [0.15, 0.2) is 0 Å². The fraction of sp³-hybridized carbons (Fsp3) is 1.00. The highest BCUT2D eigenvalue weighted by molar-refractivity contribution is 5.85. The molecule has 1 aliphatic rings. The molecule has 3 N–H and O–H groups in total. The van der Waals surface area contributed by atoms with Crippen molar-refractivity contribution in [1.82, 2.24) is 0 Å². The molecule has 3 heteroatoms. The van der Waals surface area contributed by atoms with Crippen LogP contribution in [0.4, 0.5) is 0 Å². The van der Waals surface area contributed by atoms with Crippen molar-refractivity contribution < 1.29 is 5.11 Å². The van der Waals surface area contributed by atoms with Crippen molar-refractivity contribution in [1.29, 1.82) is 0 Å². The summed E-state index contributed by atoms with van der Waals surface area (Å²) in [4.78, 5) is 0. The number of halogens is 1. The fourth-order valence-electron chi connectivity index (χ4n) is 0.319. The van der Waals surface area contributed by atoms with Gasteiger partial charge in [-0.2, -0.15) is 0 Å². The van der Waals surface area contributed by atoms with E-state index in [0.29, 0.717) is 0 Å². The van der Waals surface area contributed by atoms with Crippen molar-refractivity contribution in [2.75, 3.05) is 6.61 Å². The van der Waals surface area contributed by atoms with Gasteiger partial charge in [0.25, 0.3) is 0 Å². The Labute approximate surface area is 49.1 Å². The summed E-state index contributed by atoms with van der Waals surface area (Å²) in [5.41, 5.74) is 5.24. The van der Waals surface area contributed by atoms with E-state index in [1.54, 1.807) is 0 Å². The van der Waals surface area contributed by atoms with Crippen LogP contribution >= 0.6 is 12.4 Å². The predicted octanol–water partition coefficient (Wildman–Crippen LogP) is -0.108. The van der Waals surface area contributed by atoms with Gasteiger partial charge in [-0.05, 0) is 12.8 Å². The Bertz CT molecular complexity index is 62.7. The molecule has 0 aromatic carbocycles. The predicted molar refractivity (Wildman–Crippen MR) is 30.5 cm³/mol. The first-order valence-corrected chi connectivity index (χ1v) is 2.17. The number of rotatable bonds is 1. The molecule has 0 aromatic rings. The van der Waals surface area contributed by atoms with Gasteiger partial charge in [-0.1, -0.05) is 0 Å². The number of aliphatic hydroxyl groups is 1. The maximum atomic E-state index is 8.34. The monoisotopic (exact) mass is 123 g/mol. The van der Waals surface area contributed by atoms with Crippen LogP contribution in [-0.2, 0) is 0 Å². The molecule has 0 aromatic heterocycles. The Morgan fingerprint density at radius 2 is 2.00 bits per heavy atom. The lowest BCUT2D eigenvalue weighted by Crippen LogP contribution is -2.25. The van der Waals surface area contributed by atoms with Gasteiger partial charge < -0.3 is 10.8 Å². The molecule has 7 heavy (non-hydrogen) atoms. The summed E-state index contributed by atoms with van der Waals surface area (Å²) >= 11 is 0. The maximum absolute atomic E-state index is 8.34. The fourth-order valence-corrected chi connectivity index (χ4v) is 0.319. The van der Waals surface area contributed by atoms with Crippen molar-refractivity contribution >= 4 is 12.4 Å². The van der Waals surface area contributed by atoms with Gasteiger partial charge in [0.1, 0.15) is 0 Å². The highest BCUT2D eigenvalue weighted by Gasteiger charge is 2.36. The Morgan fingerprint density at radius 1 is 1.57 bits per heavy atom. The molecule has 44 valence electrons. The van der Waals surface area contributed by atoms with Gasteiger partial charge in [-0.25, -0.2) is 0 Å². The van der Waals surface area contributed by atoms with Crippen molar-refractivity contribution in [3.8, 4) is 0 Å². The van der Waals surface area contributed by atoms with Crippen LogP contribution in [-0.4, -0.2) is 17.3 Å². The molecule has 0 heterocycles. The first-order chi connectivity index (χ1) is 2.77. The van der Waals surface area contributed by atoms with E-state index in [1.807, 2.05) is 0 Å². The van der Waals surface area contributed by atoms with E-state index in [1.165, 1.54) is 0 Å². The highest BCUT2D eigenvalue weighted by atomic mass is 35.5.